The van der Waals surface area contributed by atoms with Gasteiger partial charge in [-0.25, -0.2) is 13.2 Å². The number of amides is 1. The van der Waals surface area contributed by atoms with Crippen LogP contribution in [0.1, 0.15) is 53.4 Å². The number of ether oxygens (including phenoxy) is 1. The second kappa shape index (κ2) is 8.52. The molecule has 0 fully saturated rings. The number of rotatable bonds is 9. The summed E-state index contributed by atoms with van der Waals surface area (Å²) < 4.78 is 27.6. The van der Waals surface area contributed by atoms with Gasteiger partial charge in [-0.15, -0.1) is 0 Å². The molecule has 0 aliphatic carbocycles. The van der Waals surface area contributed by atoms with Crippen LogP contribution in [0.25, 0.3) is 0 Å². The molecule has 0 saturated heterocycles. The van der Waals surface area contributed by atoms with Gasteiger partial charge < -0.3 is 15.2 Å². The molecule has 1 amide bonds. The molecule has 136 valence electrons. The zero-order valence-corrected chi connectivity index (χ0v) is 15.5. The summed E-state index contributed by atoms with van der Waals surface area (Å²) in [5.41, 5.74) is -1.85. The van der Waals surface area contributed by atoms with Gasteiger partial charge in [-0.3, -0.25) is 4.79 Å². The lowest BCUT2D eigenvalue weighted by atomic mass is 9.79. The maximum Gasteiger partial charge on any atom is 0.407 e. The molecule has 0 aromatic heterocycles. The molecule has 0 saturated carbocycles. The highest BCUT2D eigenvalue weighted by molar-refractivity contribution is 7.90. The van der Waals surface area contributed by atoms with Gasteiger partial charge in [0.15, 0.2) is 0 Å². The van der Waals surface area contributed by atoms with Crippen LogP contribution in [0.15, 0.2) is 0 Å². The molecule has 0 aromatic carbocycles. The first-order valence-corrected chi connectivity index (χ1v) is 9.75. The largest absolute Gasteiger partial charge is 0.481 e. The fourth-order valence-electron chi connectivity index (χ4n) is 2.30. The SMILES string of the molecule is CCCC(CCCS(C)(=O)=O)(CNC(=O)OC(C)(C)C)C(=O)O. The first-order chi connectivity index (χ1) is 10.3. The van der Waals surface area contributed by atoms with Crippen LogP contribution in [0.2, 0.25) is 0 Å². The Morgan fingerprint density at radius 1 is 1.17 bits per heavy atom. The zero-order valence-electron chi connectivity index (χ0n) is 14.6. The van der Waals surface area contributed by atoms with Crippen molar-refractivity contribution >= 4 is 21.9 Å². The summed E-state index contributed by atoms with van der Waals surface area (Å²) in [5, 5.41) is 12.1. The predicted octanol–water partition coefficient (Wildman–Crippen LogP) is 2.21. The van der Waals surface area contributed by atoms with Crippen LogP contribution >= 0.6 is 0 Å². The fraction of sp³-hybridized carbons (Fsp3) is 0.867. The van der Waals surface area contributed by atoms with Crippen molar-refractivity contribution in [1.82, 2.24) is 5.32 Å². The van der Waals surface area contributed by atoms with Gasteiger partial charge in [0.05, 0.1) is 5.41 Å². The van der Waals surface area contributed by atoms with Crippen molar-refractivity contribution in [3.05, 3.63) is 0 Å². The third-order valence-corrected chi connectivity index (χ3v) is 4.35. The maximum atomic E-state index is 11.7. The highest BCUT2D eigenvalue weighted by Crippen LogP contribution is 2.30. The molecule has 23 heavy (non-hydrogen) atoms. The van der Waals surface area contributed by atoms with E-state index in [1.54, 1.807) is 20.8 Å². The number of aliphatic carboxylic acids is 1. The lowest BCUT2D eigenvalue weighted by Crippen LogP contribution is -2.44. The smallest absolute Gasteiger partial charge is 0.407 e. The van der Waals surface area contributed by atoms with E-state index < -0.39 is 32.9 Å². The van der Waals surface area contributed by atoms with Gasteiger partial charge in [-0.05, 0) is 40.0 Å². The lowest BCUT2D eigenvalue weighted by molar-refractivity contribution is -0.149. The van der Waals surface area contributed by atoms with E-state index >= 15 is 0 Å². The molecule has 7 nitrogen and oxygen atoms in total. The van der Waals surface area contributed by atoms with Crippen molar-refractivity contribution in [2.45, 2.75) is 59.0 Å². The molecule has 0 aliphatic rings. The van der Waals surface area contributed by atoms with Gasteiger partial charge in [-0.1, -0.05) is 13.3 Å². The minimum atomic E-state index is -3.15. The van der Waals surface area contributed by atoms with Crippen molar-refractivity contribution < 1.29 is 27.9 Å². The number of hydrogen-bond donors (Lipinski definition) is 2. The van der Waals surface area contributed by atoms with Gasteiger partial charge >= 0.3 is 12.1 Å². The molecule has 0 bridgehead atoms. The second-order valence-corrected chi connectivity index (χ2v) is 9.18. The van der Waals surface area contributed by atoms with Crippen LogP contribution in [0, 0.1) is 5.41 Å². The summed E-state index contributed by atoms with van der Waals surface area (Å²) in [7, 11) is -3.15. The Morgan fingerprint density at radius 3 is 2.13 bits per heavy atom. The minimum absolute atomic E-state index is 0.0712. The van der Waals surface area contributed by atoms with Crippen LogP contribution in [0.4, 0.5) is 4.79 Å². The Bertz CT molecular complexity index is 509. The molecule has 0 heterocycles. The monoisotopic (exact) mass is 351 g/mol. The molecule has 0 spiro atoms. The molecule has 0 aromatic rings. The van der Waals surface area contributed by atoms with E-state index in [2.05, 4.69) is 5.32 Å². The van der Waals surface area contributed by atoms with Crippen molar-refractivity contribution in [2.75, 3.05) is 18.6 Å². The summed E-state index contributed by atoms with van der Waals surface area (Å²) >= 11 is 0. The Kier molecular flexibility index (Phi) is 8.03. The minimum Gasteiger partial charge on any atom is -0.481 e. The molecule has 0 radical (unpaired) electrons. The highest BCUT2D eigenvalue weighted by Gasteiger charge is 2.38. The standard InChI is InChI=1S/C15H29NO6S/c1-6-8-15(12(17)18,9-7-10-23(5,20)21)11-16-13(19)22-14(2,3)4/h6-11H2,1-5H3,(H,16,19)(H,17,18). The van der Waals surface area contributed by atoms with E-state index in [0.29, 0.717) is 12.8 Å². The summed E-state index contributed by atoms with van der Waals surface area (Å²) in [6.45, 7) is 6.91. The van der Waals surface area contributed by atoms with E-state index in [1.807, 2.05) is 6.92 Å². The number of hydrogen-bond acceptors (Lipinski definition) is 5. The number of carboxylic acids is 1. The molecule has 2 N–H and O–H groups in total. The van der Waals surface area contributed by atoms with Gasteiger partial charge in [0.25, 0.3) is 0 Å². The lowest BCUT2D eigenvalue weighted by Gasteiger charge is -2.30. The maximum absolute atomic E-state index is 11.7. The summed E-state index contributed by atoms with van der Waals surface area (Å²) in [5.74, 6) is -1.11. The van der Waals surface area contributed by atoms with Gasteiger partial charge in [0, 0.05) is 18.6 Å². The van der Waals surface area contributed by atoms with Crippen LogP contribution in [-0.2, 0) is 19.4 Å². The molecule has 0 aliphatic heterocycles. The van der Waals surface area contributed by atoms with Crippen LogP contribution in [-0.4, -0.2) is 49.7 Å². The normalized spacial score (nSPS) is 14.8. The van der Waals surface area contributed by atoms with Gasteiger partial charge in [0.1, 0.15) is 15.4 Å². The molecule has 0 rings (SSSR count). The van der Waals surface area contributed by atoms with Crippen molar-refractivity contribution in [3.8, 4) is 0 Å². The number of alkyl carbamates (subject to hydrolysis) is 1. The number of carbonyl (C=O) groups excluding carboxylic acids is 1. The number of sulfone groups is 1. The molecule has 8 heteroatoms. The zero-order chi connectivity index (χ0) is 18.3. The van der Waals surface area contributed by atoms with Crippen molar-refractivity contribution in [1.29, 1.82) is 0 Å². The molecular formula is C15H29NO6S. The second-order valence-electron chi connectivity index (χ2n) is 6.92. The predicted molar refractivity (Wildman–Crippen MR) is 88.2 cm³/mol. The third-order valence-electron chi connectivity index (χ3n) is 3.32. The first-order valence-electron chi connectivity index (χ1n) is 7.69. The van der Waals surface area contributed by atoms with E-state index in [1.165, 1.54) is 0 Å². The van der Waals surface area contributed by atoms with E-state index in [9.17, 15) is 23.1 Å². The van der Waals surface area contributed by atoms with Gasteiger partial charge in [0.2, 0.25) is 0 Å². The van der Waals surface area contributed by atoms with Crippen LogP contribution in [0.5, 0.6) is 0 Å². The number of nitrogens with one attached hydrogen (secondary N) is 1. The summed E-state index contributed by atoms with van der Waals surface area (Å²) in [6.07, 6.45) is 1.82. The molecule has 1 atom stereocenters. The number of carboxylic acid groups (broad SMARTS) is 1. The average molecular weight is 351 g/mol. The highest BCUT2D eigenvalue weighted by atomic mass is 32.2. The van der Waals surface area contributed by atoms with E-state index in [0.717, 1.165) is 6.26 Å². The Labute approximate surface area is 138 Å². The Balaban J connectivity index is 4.91. The van der Waals surface area contributed by atoms with Crippen molar-refractivity contribution in [3.63, 3.8) is 0 Å². The number of carbonyl (C=O) groups is 2. The quantitative estimate of drug-likeness (QED) is 0.659. The third kappa shape index (κ3) is 9.43. The average Bonchev–Trinajstić information content (AvgIpc) is 2.32. The van der Waals surface area contributed by atoms with Gasteiger partial charge in [-0.2, -0.15) is 0 Å². The fourth-order valence-corrected chi connectivity index (χ4v) is 2.97. The Morgan fingerprint density at radius 2 is 1.74 bits per heavy atom. The first kappa shape index (κ1) is 21.7. The Hall–Kier alpha value is -1.31. The molecular weight excluding hydrogens is 322 g/mol. The van der Waals surface area contributed by atoms with E-state index in [-0.39, 0.29) is 25.1 Å². The van der Waals surface area contributed by atoms with Crippen molar-refractivity contribution in [2.24, 2.45) is 5.41 Å². The van der Waals surface area contributed by atoms with Crippen LogP contribution in [0.3, 0.4) is 0 Å². The van der Waals surface area contributed by atoms with Crippen LogP contribution < -0.4 is 5.32 Å². The van der Waals surface area contributed by atoms with E-state index in [4.69, 9.17) is 4.74 Å². The topological polar surface area (TPSA) is 110 Å². The summed E-state index contributed by atoms with van der Waals surface area (Å²) in [4.78, 5) is 23.5. The molecule has 1 unspecified atom stereocenters. The summed E-state index contributed by atoms with van der Waals surface area (Å²) in [6, 6.07) is 0.